The van der Waals surface area contributed by atoms with Crippen LogP contribution in [0.4, 0.5) is 26.7 Å². The fraction of sp³-hybridized carbons (Fsp3) is 0.390. The maximum Gasteiger partial charge on any atom is 0.508 e. The number of thioether (sulfide) groups is 1. The maximum absolute atomic E-state index is 14.4. The Labute approximate surface area is 386 Å². The smallest absolute Gasteiger partial charge is 0.456 e. The van der Waals surface area contributed by atoms with Gasteiger partial charge in [0.25, 0.3) is 24.6 Å². The average molecular weight is 975 g/mol. The number of nitro benzene ring substituents is 3. The SMILES string of the molecule is CCOP(OCC)(OCC)=C(C(=O)OCc1ccc([N+](=O)[O-])cc1)N1C(=O)C(C(C)OC(=O)OCc2ccc([N+](=O)[O-])cc2)C1CC(=O)SCCN=CNC(=O)OCc1ccc([N+](=O)[O-])cc1. The summed E-state index contributed by atoms with van der Waals surface area (Å²) in [4.78, 5) is 104. The van der Waals surface area contributed by atoms with Gasteiger partial charge in [-0.25, -0.2) is 14.4 Å². The third-order valence-electron chi connectivity index (χ3n) is 9.29. The van der Waals surface area contributed by atoms with E-state index in [-0.39, 0.29) is 62.4 Å². The molecule has 3 aromatic carbocycles. The number of rotatable bonds is 25. The molecule has 24 nitrogen and oxygen atoms in total. The second kappa shape index (κ2) is 25.8. The van der Waals surface area contributed by atoms with Crippen LogP contribution in [0.3, 0.4) is 0 Å². The zero-order valence-corrected chi connectivity index (χ0v) is 38.3. The molecule has 1 saturated heterocycles. The summed E-state index contributed by atoms with van der Waals surface area (Å²) in [5, 5.41) is 34.9. The first-order valence-corrected chi connectivity index (χ1v) is 22.9. The molecule has 0 saturated carbocycles. The maximum atomic E-state index is 14.4. The zero-order chi connectivity index (χ0) is 49.1. The van der Waals surface area contributed by atoms with E-state index in [0.29, 0.717) is 16.7 Å². The van der Waals surface area contributed by atoms with E-state index in [1.54, 1.807) is 20.8 Å². The minimum absolute atomic E-state index is 0.0237. The highest BCUT2D eigenvalue weighted by molar-refractivity contribution is 8.13. The van der Waals surface area contributed by atoms with Gasteiger partial charge in [0.05, 0.1) is 59.4 Å². The number of likely N-dealkylation sites (tertiary alicyclic amines) is 1. The van der Waals surface area contributed by atoms with Gasteiger partial charge in [0.15, 0.2) is 5.12 Å². The van der Waals surface area contributed by atoms with Crippen LogP contribution in [-0.2, 0) is 66.7 Å². The van der Waals surface area contributed by atoms with Crippen LogP contribution in [0.5, 0.6) is 0 Å². The number of carbonyl (C=O) groups is 5. The average Bonchev–Trinajstić information content (AvgIpc) is 3.30. The van der Waals surface area contributed by atoms with Crippen LogP contribution in [0.2, 0.25) is 0 Å². The van der Waals surface area contributed by atoms with E-state index in [1.165, 1.54) is 79.7 Å². The number of non-ortho nitro benzene ring substituents is 3. The molecule has 0 aliphatic carbocycles. The quantitative estimate of drug-likeness (QED) is 0.0107. The minimum Gasteiger partial charge on any atom is -0.456 e. The first-order chi connectivity index (χ1) is 32.0. The topological polar surface area (TPSA) is 307 Å². The molecule has 1 fully saturated rings. The summed E-state index contributed by atoms with van der Waals surface area (Å²) < 4.78 is 39.5. The van der Waals surface area contributed by atoms with Gasteiger partial charge in [-0.3, -0.25) is 55.1 Å². The molecule has 1 aliphatic rings. The van der Waals surface area contributed by atoms with Crippen LogP contribution in [-0.4, -0.2) is 105 Å². The molecule has 0 bridgehead atoms. The molecule has 26 heteroatoms. The number of esters is 1. The number of nitrogens with zero attached hydrogens (tertiary/aromatic N) is 5. The summed E-state index contributed by atoms with van der Waals surface area (Å²) in [5.41, 5.74) is 0.284. The Balaban J connectivity index is 1.53. The Kier molecular flexibility index (Phi) is 20.3. The molecular formula is C41H47N6O18PS. The van der Waals surface area contributed by atoms with Crippen molar-refractivity contribution >= 4 is 77.4 Å². The first kappa shape index (κ1) is 52.8. The lowest BCUT2D eigenvalue weighted by molar-refractivity contribution is -0.385. The summed E-state index contributed by atoms with van der Waals surface area (Å²) in [6, 6.07) is 14.6. The van der Waals surface area contributed by atoms with Crippen LogP contribution in [0, 0.1) is 36.3 Å². The molecule has 1 N–H and O–H groups in total. The molecule has 0 spiro atoms. The Morgan fingerprint density at radius 1 is 0.746 bits per heavy atom. The van der Waals surface area contributed by atoms with Crippen molar-refractivity contribution in [3.8, 4) is 0 Å². The van der Waals surface area contributed by atoms with Crippen molar-refractivity contribution in [1.82, 2.24) is 10.2 Å². The first-order valence-electron chi connectivity index (χ1n) is 20.3. The van der Waals surface area contributed by atoms with Crippen LogP contribution < -0.4 is 5.32 Å². The van der Waals surface area contributed by atoms with Crippen molar-refractivity contribution in [3.05, 3.63) is 120 Å². The van der Waals surface area contributed by atoms with Crippen molar-refractivity contribution in [2.45, 2.75) is 66.1 Å². The van der Waals surface area contributed by atoms with Gasteiger partial charge in [-0.2, -0.15) is 0 Å². The van der Waals surface area contributed by atoms with Crippen molar-refractivity contribution in [2.75, 3.05) is 32.1 Å². The highest BCUT2D eigenvalue weighted by Crippen LogP contribution is 2.55. The summed E-state index contributed by atoms with van der Waals surface area (Å²) in [5.74, 6) is -3.08. The number of carbonyl (C=O) groups excluding carboxylic acids is 5. The Bertz CT molecular complexity index is 2330. The van der Waals surface area contributed by atoms with Crippen molar-refractivity contribution < 1.29 is 71.3 Å². The largest absolute Gasteiger partial charge is 0.508 e. The van der Waals surface area contributed by atoms with E-state index in [1.807, 2.05) is 0 Å². The number of β-lactam (4-membered cyclic amide) rings is 1. The number of hydrogen-bond donors (Lipinski definition) is 1. The van der Waals surface area contributed by atoms with Gasteiger partial charge >= 0.3 is 18.2 Å². The van der Waals surface area contributed by atoms with Gasteiger partial charge < -0.3 is 32.5 Å². The fourth-order valence-corrected chi connectivity index (χ4v) is 9.38. The van der Waals surface area contributed by atoms with E-state index >= 15 is 0 Å². The second-order valence-corrected chi connectivity index (χ2v) is 17.1. The number of aliphatic imine (C=N–C) groups is 1. The molecule has 1 heterocycles. The van der Waals surface area contributed by atoms with Gasteiger partial charge in [0.2, 0.25) is 11.3 Å². The summed E-state index contributed by atoms with van der Waals surface area (Å²) in [7, 11) is -3.98. The number of amides is 2. The Hall–Kier alpha value is -6.79. The standard InChI is InChI=1S/C41H47N6O18PS/c1-5-62-66(63-6-2,64-7-3)38(39(50)59-23-28-8-14-31(15-9-28)45(53)54)44-34(36(37(44)49)27(4)65-41(52)61-25-30-12-18-33(19-13-30)47(57)58)22-35(48)67-21-20-42-26-43-40(51)60-24-29-10-16-32(17-11-29)46(55)56/h8-19,26-27,34,36H,5-7,20-25H2,1-4H3,(H,42,43,51). The molecule has 2 amide bonds. The van der Waals surface area contributed by atoms with Gasteiger partial charge in [-0.15, -0.1) is 0 Å². The summed E-state index contributed by atoms with van der Waals surface area (Å²) in [6.07, 6.45) is -2.69. The Morgan fingerprint density at radius 2 is 1.19 bits per heavy atom. The number of alkyl carbamates (subject to hydrolysis) is 1. The van der Waals surface area contributed by atoms with E-state index in [0.717, 1.165) is 23.0 Å². The molecule has 0 aromatic heterocycles. The Morgan fingerprint density at radius 3 is 1.64 bits per heavy atom. The predicted molar refractivity (Wildman–Crippen MR) is 240 cm³/mol. The molecule has 4 rings (SSSR count). The number of ether oxygens (including phenoxy) is 4. The lowest BCUT2D eigenvalue weighted by Crippen LogP contribution is -2.68. The van der Waals surface area contributed by atoms with Crippen LogP contribution in [0.15, 0.2) is 77.8 Å². The van der Waals surface area contributed by atoms with Gasteiger partial charge in [-0.1, -0.05) is 11.8 Å². The van der Waals surface area contributed by atoms with E-state index in [2.05, 4.69) is 10.3 Å². The molecular weight excluding hydrogens is 928 g/mol. The molecule has 3 unspecified atom stereocenters. The highest BCUT2D eigenvalue weighted by Gasteiger charge is 2.57. The predicted octanol–water partition coefficient (Wildman–Crippen LogP) is 6.63. The fourth-order valence-electron chi connectivity index (χ4n) is 6.26. The third kappa shape index (κ3) is 15.1. The number of hydrogen-bond acceptors (Lipinski definition) is 20. The van der Waals surface area contributed by atoms with Crippen LogP contribution >= 0.6 is 19.3 Å². The lowest BCUT2D eigenvalue weighted by atomic mass is 9.81. The summed E-state index contributed by atoms with van der Waals surface area (Å²) in [6.45, 7) is 5.11. The van der Waals surface area contributed by atoms with Crippen LogP contribution in [0.1, 0.15) is 50.8 Å². The van der Waals surface area contributed by atoms with Gasteiger partial charge in [0, 0.05) is 48.6 Å². The normalized spacial score (nSPS) is 14.9. The van der Waals surface area contributed by atoms with E-state index in [4.69, 9.17) is 32.5 Å². The van der Waals surface area contributed by atoms with Gasteiger partial charge in [0.1, 0.15) is 25.9 Å². The van der Waals surface area contributed by atoms with Crippen LogP contribution in [0.25, 0.3) is 0 Å². The molecule has 0 radical (unpaired) electrons. The van der Waals surface area contributed by atoms with E-state index in [9.17, 15) is 54.3 Å². The third-order valence-corrected chi connectivity index (χ3v) is 12.9. The molecule has 1 aliphatic heterocycles. The molecule has 3 atom stereocenters. The molecule has 360 valence electrons. The summed E-state index contributed by atoms with van der Waals surface area (Å²) >= 11 is 0.817. The molecule has 67 heavy (non-hydrogen) atoms. The lowest BCUT2D eigenvalue weighted by Gasteiger charge is -2.49. The zero-order valence-electron chi connectivity index (χ0n) is 36.5. The highest BCUT2D eigenvalue weighted by atomic mass is 32.2. The second-order valence-electron chi connectivity index (χ2n) is 13.8. The van der Waals surface area contributed by atoms with Gasteiger partial charge in [-0.05, 0) is 80.8 Å². The number of benzene rings is 3. The number of nitro groups is 3. The minimum atomic E-state index is -3.98. The molecule has 3 aromatic rings. The van der Waals surface area contributed by atoms with E-state index < -0.39 is 88.1 Å². The van der Waals surface area contributed by atoms with Crippen molar-refractivity contribution in [3.63, 3.8) is 0 Å². The number of nitrogens with one attached hydrogen (secondary N) is 1. The van der Waals surface area contributed by atoms with Crippen molar-refractivity contribution in [1.29, 1.82) is 0 Å². The van der Waals surface area contributed by atoms with Crippen molar-refractivity contribution in [2.24, 2.45) is 10.9 Å². The monoisotopic (exact) mass is 974 g/mol.